The zero-order valence-corrected chi connectivity index (χ0v) is 14.5. The van der Waals surface area contributed by atoms with Gasteiger partial charge in [0, 0.05) is 5.56 Å². The molecule has 0 spiro atoms. The molecule has 0 heterocycles. The van der Waals surface area contributed by atoms with Gasteiger partial charge in [-0.1, -0.05) is 13.0 Å². The summed E-state index contributed by atoms with van der Waals surface area (Å²) >= 11 is 0. The quantitative estimate of drug-likeness (QED) is 0.566. The first-order chi connectivity index (χ1) is 11.6. The number of methoxy groups -OCH3 is 3. The molecule has 0 aliphatic rings. The second-order valence-electron chi connectivity index (χ2n) is 5.19. The molecule has 24 heavy (non-hydrogen) atoms. The molecule has 0 fully saturated rings. The van der Waals surface area contributed by atoms with Crippen LogP contribution in [0, 0.1) is 0 Å². The molecule has 4 heteroatoms. The van der Waals surface area contributed by atoms with Gasteiger partial charge in [-0.2, -0.15) is 0 Å². The zero-order valence-electron chi connectivity index (χ0n) is 14.5. The second-order valence-corrected chi connectivity index (χ2v) is 5.19. The van der Waals surface area contributed by atoms with Crippen molar-refractivity contribution < 1.29 is 19.0 Å². The average Bonchev–Trinajstić information content (AvgIpc) is 2.65. The molecule has 0 atom stereocenters. The monoisotopic (exact) mass is 326 g/mol. The Morgan fingerprint density at radius 1 is 0.958 bits per heavy atom. The Hall–Kier alpha value is -2.75. The summed E-state index contributed by atoms with van der Waals surface area (Å²) in [5, 5.41) is 0. The molecule has 0 saturated carbocycles. The second kappa shape index (κ2) is 8.20. The van der Waals surface area contributed by atoms with E-state index in [1.54, 1.807) is 38.5 Å². The minimum Gasteiger partial charge on any atom is -0.497 e. The Balaban J connectivity index is 2.34. The van der Waals surface area contributed by atoms with Gasteiger partial charge in [0.15, 0.2) is 5.78 Å². The number of hydrogen-bond acceptors (Lipinski definition) is 4. The third kappa shape index (κ3) is 3.96. The van der Waals surface area contributed by atoms with Gasteiger partial charge in [0.1, 0.15) is 17.2 Å². The Labute approximate surface area is 142 Å². The lowest BCUT2D eigenvalue weighted by Crippen LogP contribution is -2.00. The van der Waals surface area contributed by atoms with Crippen molar-refractivity contribution in [1.29, 1.82) is 0 Å². The average molecular weight is 326 g/mol. The number of carbonyl (C=O) groups is 1. The highest BCUT2D eigenvalue weighted by molar-refractivity contribution is 6.09. The molecule has 2 rings (SSSR count). The minimum atomic E-state index is -0.158. The van der Waals surface area contributed by atoms with Gasteiger partial charge in [-0.05, 0) is 54.5 Å². The number of carbonyl (C=O) groups excluding carboxylic acids is 1. The fraction of sp³-hybridized carbons (Fsp3) is 0.250. The van der Waals surface area contributed by atoms with Crippen LogP contribution in [0.4, 0.5) is 0 Å². The molecular weight excluding hydrogens is 304 g/mol. The first-order valence-electron chi connectivity index (χ1n) is 7.74. The molecule has 0 saturated heterocycles. The van der Waals surface area contributed by atoms with Gasteiger partial charge in [-0.25, -0.2) is 0 Å². The van der Waals surface area contributed by atoms with E-state index < -0.39 is 0 Å². The van der Waals surface area contributed by atoms with Crippen LogP contribution in [0.3, 0.4) is 0 Å². The van der Waals surface area contributed by atoms with Crippen molar-refractivity contribution in [3.8, 4) is 17.2 Å². The topological polar surface area (TPSA) is 44.8 Å². The highest BCUT2D eigenvalue weighted by Crippen LogP contribution is 2.26. The zero-order chi connectivity index (χ0) is 17.5. The Morgan fingerprint density at radius 2 is 1.67 bits per heavy atom. The van der Waals surface area contributed by atoms with E-state index in [1.165, 1.54) is 18.7 Å². The van der Waals surface area contributed by atoms with Crippen molar-refractivity contribution in [3.05, 3.63) is 59.2 Å². The van der Waals surface area contributed by atoms with Gasteiger partial charge in [0.25, 0.3) is 0 Å². The van der Waals surface area contributed by atoms with Gasteiger partial charge in [0.2, 0.25) is 0 Å². The fourth-order valence-electron chi connectivity index (χ4n) is 2.40. The Kier molecular flexibility index (Phi) is 6.01. The fourth-order valence-corrected chi connectivity index (χ4v) is 2.40. The molecule has 0 N–H and O–H groups in total. The van der Waals surface area contributed by atoms with Crippen LogP contribution in [0.25, 0.3) is 6.08 Å². The molecule has 0 amide bonds. The maximum Gasteiger partial charge on any atom is 0.189 e. The van der Waals surface area contributed by atoms with Crippen molar-refractivity contribution in [1.82, 2.24) is 0 Å². The van der Waals surface area contributed by atoms with Crippen molar-refractivity contribution >= 4 is 11.9 Å². The van der Waals surface area contributed by atoms with E-state index >= 15 is 0 Å². The summed E-state index contributed by atoms with van der Waals surface area (Å²) in [6, 6.07) is 11.1. The van der Waals surface area contributed by atoms with Crippen LogP contribution in [0.15, 0.2) is 42.5 Å². The van der Waals surface area contributed by atoms with E-state index in [-0.39, 0.29) is 5.78 Å². The molecule has 0 unspecified atom stereocenters. The lowest BCUT2D eigenvalue weighted by Gasteiger charge is -2.09. The summed E-state index contributed by atoms with van der Waals surface area (Å²) in [6.07, 6.45) is 4.20. The van der Waals surface area contributed by atoms with Crippen LogP contribution >= 0.6 is 0 Å². The van der Waals surface area contributed by atoms with E-state index in [9.17, 15) is 4.79 Å². The highest BCUT2D eigenvalue weighted by atomic mass is 16.5. The predicted molar refractivity (Wildman–Crippen MR) is 95.3 cm³/mol. The normalized spacial score (nSPS) is 10.7. The maximum absolute atomic E-state index is 12.6. The Morgan fingerprint density at radius 3 is 2.29 bits per heavy atom. The third-order valence-electron chi connectivity index (χ3n) is 3.79. The first-order valence-corrected chi connectivity index (χ1v) is 7.74. The third-order valence-corrected chi connectivity index (χ3v) is 3.79. The highest BCUT2D eigenvalue weighted by Gasteiger charge is 2.11. The van der Waals surface area contributed by atoms with Crippen molar-refractivity contribution in [2.24, 2.45) is 0 Å². The molecule has 126 valence electrons. The summed E-state index contributed by atoms with van der Waals surface area (Å²) in [6.45, 7) is 2.08. The van der Waals surface area contributed by atoms with E-state index in [0.717, 1.165) is 17.7 Å². The van der Waals surface area contributed by atoms with E-state index in [1.807, 2.05) is 18.2 Å². The standard InChI is InChI=1S/C20H22O4/c1-5-14-6-10-19(23-3)15(12-14)7-9-18(21)17-13-16(22-2)8-11-20(17)24-4/h6-13H,5H2,1-4H3. The van der Waals surface area contributed by atoms with Crippen molar-refractivity contribution in [3.63, 3.8) is 0 Å². The SMILES string of the molecule is CCc1ccc(OC)c(C=CC(=O)c2cc(OC)ccc2OC)c1. The number of benzene rings is 2. The van der Waals surface area contributed by atoms with E-state index in [4.69, 9.17) is 14.2 Å². The minimum absolute atomic E-state index is 0.158. The molecule has 0 aliphatic carbocycles. The molecule has 0 bridgehead atoms. The van der Waals surface area contributed by atoms with Gasteiger partial charge in [0.05, 0.1) is 26.9 Å². The van der Waals surface area contributed by atoms with Crippen LogP contribution < -0.4 is 14.2 Å². The molecule has 4 nitrogen and oxygen atoms in total. The van der Waals surface area contributed by atoms with Crippen LogP contribution in [0.1, 0.15) is 28.4 Å². The molecule has 0 aliphatic heterocycles. The Bertz CT molecular complexity index is 747. The van der Waals surface area contributed by atoms with E-state index in [2.05, 4.69) is 6.92 Å². The summed E-state index contributed by atoms with van der Waals surface area (Å²) < 4.78 is 15.8. The van der Waals surface area contributed by atoms with Crippen LogP contribution in [0.2, 0.25) is 0 Å². The smallest absolute Gasteiger partial charge is 0.189 e. The molecule has 2 aromatic carbocycles. The van der Waals surface area contributed by atoms with Gasteiger partial charge in [-0.3, -0.25) is 4.79 Å². The molecule has 2 aromatic rings. The summed E-state index contributed by atoms with van der Waals surface area (Å²) in [5.74, 6) is 1.70. The number of ether oxygens (including phenoxy) is 3. The molecule has 0 aromatic heterocycles. The summed E-state index contributed by atoms with van der Waals surface area (Å²) in [5.41, 5.74) is 2.51. The number of allylic oxidation sites excluding steroid dienone is 1. The summed E-state index contributed by atoms with van der Waals surface area (Å²) in [4.78, 5) is 12.6. The first kappa shape index (κ1) is 17.6. The molecular formula is C20H22O4. The van der Waals surface area contributed by atoms with Crippen LogP contribution in [0.5, 0.6) is 17.2 Å². The number of hydrogen-bond donors (Lipinski definition) is 0. The number of rotatable bonds is 7. The van der Waals surface area contributed by atoms with Gasteiger partial charge in [-0.15, -0.1) is 0 Å². The number of aryl methyl sites for hydroxylation is 1. The van der Waals surface area contributed by atoms with E-state index in [0.29, 0.717) is 17.1 Å². The van der Waals surface area contributed by atoms with Crippen LogP contribution in [-0.4, -0.2) is 27.1 Å². The van der Waals surface area contributed by atoms with Crippen LogP contribution in [-0.2, 0) is 6.42 Å². The maximum atomic E-state index is 12.6. The van der Waals surface area contributed by atoms with Gasteiger partial charge < -0.3 is 14.2 Å². The van der Waals surface area contributed by atoms with Crippen molar-refractivity contribution in [2.75, 3.05) is 21.3 Å². The largest absolute Gasteiger partial charge is 0.497 e. The lowest BCUT2D eigenvalue weighted by atomic mass is 10.0. The lowest BCUT2D eigenvalue weighted by molar-refractivity contribution is 0.104. The summed E-state index contributed by atoms with van der Waals surface area (Å²) in [7, 11) is 4.72. The van der Waals surface area contributed by atoms with Gasteiger partial charge >= 0.3 is 0 Å². The number of ketones is 1. The predicted octanol–water partition coefficient (Wildman–Crippen LogP) is 4.17. The van der Waals surface area contributed by atoms with Crippen molar-refractivity contribution in [2.45, 2.75) is 13.3 Å². The molecule has 0 radical (unpaired) electrons.